The molecule has 0 saturated carbocycles. The lowest BCUT2D eigenvalue weighted by atomic mass is 10.0. The van der Waals surface area contributed by atoms with Gasteiger partial charge in [-0.25, -0.2) is 0 Å². The predicted molar refractivity (Wildman–Crippen MR) is 117 cm³/mol. The van der Waals surface area contributed by atoms with Crippen molar-refractivity contribution in [2.45, 2.75) is 90.2 Å². The number of nitrogens with zero attached hydrogens (tertiary/aromatic N) is 3. The summed E-state index contributed by atoms with van der Waals surface area (Å²) < 4.78 is 5.59. The third kappa shape index (κ3) is 6.38. The van der Waals surface area contributed by atoms with Gasteiger partial charge in [0.25, 0.3) is 0 Å². The third-order valence-electron chi connectivity index (χ3n) is 5.94. The van der Waals surface area contributed by atoms with Crippen LogP contribution in [0.5, 0.6) is 0 Å². The Bertz CT molecular complexity index is 713. The van der Waals surface area contributed by atoms with Gasteiger partial charge < -0.3 is 9.63 Å². The van der Waals surface area contributed by atoms with Crippen molar-refractivity contribution in [3.8, 4) is 11.4 Å². The van der Waals surface area contributed by atoms with Crippen molar-refractivity contribution in [2.24, 2.45) is 0 Å². The molecular formula is C24H37N3O2. The van der Waals surface area contributed by atoms with E-state index in [1.54, 1.807) is 0 Å². The molecule has 1 aliphatic heterocycles. The summed E-state index contributed by atoms with van der Waals surface area (Å²) in [6.45, 7) is 6.09. The molecule has 2 unspecified atom stereocenters. The normalized spacial score (nSPS) is 19.8. The molecule has 2 heterocycles. The molecule has 0 amide bonds. The molecule has 5 nitrogen and oxygen atoms in total. The van der Waals surface area contributed by atoms with Crippen LogP contribution in [0.15, 0.2) is 28.8 Å². The predicted octanol–water partition coefficient (Wildman–Crippen LogP) is 5.55. The highest BCUT2D eigenvalue weighted by atomic mass is 16.5. The Morgan fingerprint density at radius 2 is 1.72 bits per heavy atom. The van der Waals surface area contributed by atoms with Crippen LogP contribution >= 0.6 is 0 Å². The van der Waals surface area contributed by atoms with E-state index >= 15 is 0 Å². The summed E-state index contributed by atoms with van der Waals surface area (Å²) in [4.78, 5) is 6.93. The fourth-order valence-electron chi connectivity index (χ4n) is 4.16. The number of aryl methyl sites for hydroxylation is 1. The maximum Gasteiger partial charge on any atom is 0.244 e. The molecule has 0 radical (unpaired) electrons. The monoisotopic (exact) mass is 399 g/mol. The van der Waals surface area contributed by atoms with Crippen molar-refractivity contribution in [1.82, 2.24) is 15.0 Å². The smallest absolute Gasteiger partial charge is 0.244 e. The van der Waals surface area contributed by atoms with E-state index in [2.05, 4.69) is 53.2 Å². The summed E-state index contributed by atoms with van der Waals surface area (Å²) in [6.07, 6.45) is 11.7. The van der Waals surface area contributed by atoms with Crippen LogP contribution in [0.2, 0.25) is 0 Å². The van der Waals surface area contributed by atoms with Crippen LogP contribution in [0.3, 0.4) is 0 Å². The third-order valence-corrected chi connectivity index (χ3v) is 5.94. The number of hydrogen-bond acceptors (Lipinski definition) is 5. The van der Waals surface area contributed by atoms with Gasteiger partial charge >= 0.3 is 0 Å². The Balaban J connectivity index is 1.54. The van der Waals surface area contributed by atoms with Gasteiger partial charge in [-0.15, -0.1) is 0 Å². The average Bonchev–Trinajstić information content (AvgIpc) is 3.36. The van der Waals surface area contributed by atoms with E-state index in [1.807, 2.05) is 0 Å². The molecule has 1 aromatic carbocycles. The van der Waals surface area contributed by atoms with Gasteiger partial charge in [-0.2, -0.15) is 4.98 Å². The fraction of sp³-hybridized carbons (Fsp3) is 0.667. The van der Waals surface area contributed by atoms with Gasteiger partial charge in [-0.05, 0) is 37.8 Å². The largest absolute Gasteiger partial charge is 0.392 e. The zero-order valence-electron chi connectivity index (χ0n) is 18.1. The Labute approximate surface area is 175 Å². The second-order valence-electron chi connectivity index (χ2n) is 8.42. The SMILES string of the molecule is CCCCCCCCc1ccc(-c2noc(C3CC(O)CN3CCCC)n2)cc1. The minimum absolute atomic E-state index is 0.0322. The standard InChI is InChI=1S/C24H37N3O2/c1-3-5-7-8-9-10-11-19-12-14-20(15-13-19)23-25-24(29-26-23)22-17-21(28)18-27(22)16-6-4-2/h12-15,21-22,28H,3-11,16-18H2,1-2H3. The Morgan fingerprint density at radius 1 is 1.00 bits per heavy atom. The zero-order valence-corrected chi connectivity index (χ0v) is 18.1. The number of aromatic nitrogens is 2. The number of β-amino-alcohol motifs (C(OH)–C–C–N with tert-alkyl or cyclic N) is 1. The Morgan fingerprint density at radius 3 is 2.48 bits per heavy atom. The van der Waals surface area contributed by atoms with Crippen molar-refractivity contribution < 1.29 is 9.63 Å². The number of aliphatic hydroxyl groups excluding tert-OH is 1. The highest BCUT2D eigenvalue weighted by molar-refractivity contribution is 5.54. The van der Waals surface area contributed by atoms with E-state index in [0.29, 0.717) is 24.7 Å². The summed E-state index contributed by atoms with van der Waals surface area (Å²) >= 11 is 0. The van der Waals surface area contributed by atoms with E-state index in [0.717, 1.165) is 31.4 Å². The summed E-state index contributed by atoms with van der Waals surface area (Å²) in [5.74, 6) is 1.27. The quantitative estimate of drug-likeness (QED) is 0.474. The molecule has 1 aromatic heterocycles. The maximum atomic E-state index is 10.1. The number of benzene rings is 1. The van der Waals surface area contributed by atoms with Crippen molar-refractivity contribution in [2.75, 3.05) is 13.1 Å². The molecule has 5 heteroatoms. The molecule has 0 spiro atoms. The number of aliphatic hydroxyl groups is 1. The van der Waals surface area contributed by atoms with Gasteiger partial charge in [0.15, 0.2) is 0 Å². The molecule has 0 bridgehead atoms. The van der Waals surface area contributed by atoms with Crippen molar-refractivity contribution in [3.05, 3.63) is 35.7 Å². The van der Waals surface area contributed by atoms with Crippen LogP contribution in [0.1, 0.15) is 89.1 Å². The number of likely N-dealkylation sites (tertiary alicyclic amines) is 1. The first-order valence-corrected chi connectivity index (χ1v) is 11.6. The topological polar surface area (TPSA) is 62.4 Å². The Hall–Kier alpha value is -1.72. The second kappa shape index (κ2) is 11.5. The molecule has 1 aliphatic rings. The van der Waals surface area contributed by atoms with E-state index < -0.39 is 0 Å². The molecule has 3 rings (SSSR count). The summed E-state index contributed by atoms with van der Waals surface area (Å²) in [6, 6.07) is 8.60. The number of rotatable bonds is 12. The average molecular weight is 400 g/mol. The highest BCUT2D eigenvalue weighted by Crippen LogP contribution is 2.32. The van der Waals surface area contributed by atoms with Crippen molar-refractivity contribution >= 4 is 0 Å². The molecular weight excluding hydrogens is 362 g/mol. The Kier molecular flexibility index (Phi) is 8.69. The second-order valence-corrected chi connectivity index (χ2v) is 8.42. The number of hydrogen-bond donors (Lipinski definition) is 1. The van der Waals surface area contributed by atoms with E-state index in [1.165, 1.54) is 44.1 Å². The van der Waals surface area contributed by atoms with Gasteiger partial charge in [-0.1, -0.05) is 81.8 Å². The molecule has 1 saturated heterocycles. The first-order chi connectivity index (χ1) is 14.2. The van der Waals surface area contributed by atoms with E-state index in [4.69, 9.17) is 4.52 Å². The van der Waals surface area contributed by atoms with E-state index in [-0.39, 0.29) is 12.1 Å². The van der Waals surface area contributed by atoms with Crippen LogP contribution in [-0.4, -0.2) is 39.3 Å². The van der Waals surface area contributed by atoms with Crippen LogP contribution in [0, 0.1) is 0 Å². The lowest BCUT2D eigenvalue weighted by Gasteiger charge is -2.20. The van der Waals surface area contributed by atoms with Gasteiger partial charge in [0.1, 0.15) is 0 Å². The minimum atomic E-state index is -0.312. The van der Waals surface area contributed by atoms with Gasteiger partial charge in [-0.3, -0.25) is 4.90 Å². The lowest BCUT2D eigenvalue weighted by molar-refractivity contribution is 0.172. The fourth-order valence-corrected chi connectivity index (χ4v) is 4.16. The zero-order chi connectivity index (χ0) is 20.5. The first kappa shape index (κ1) is 22.0. The molecule has 29 heavy (non-hydrogen) atoms. The molecule has 0 aliphatic carbocycles. The van der Waals surface area contributed by atoms with Crippen molar-refractivity contribution in [1.29, 1.82) is 0 Å². The molecule has 160 valence electrons. The van der Waals surface area contributed by atoms with Gasteiger partial charge in [0.2, 0.25) is 11.7 Å². The van der Waals surface area contributed by atoms with Crippen LogP contribution in [0.4, 0.5) is 0 Å². The summed E-state index contributed by atoms with van der Waals surface area (Å²) in [5.41, 5.74) is 2.36. The molecule has 1 fully saturated rings. The van der Waals surface area contributed by atoms with Gasteiger partial charge in [0, 0.05) is 12.1 Å². The van der Waals surface area contributed by atoms with Crippen molar-refractivity contribution in [3.63, 3.8) is 0 Å². The summed E-state index contributed by atoms with van der Waals surface area (Å²) in [7, 11) is 0. The first-order valence-electron chi connectivity index (χ1n) is 11.6. The molecule has 2 atom stereocenters. The maximum absolute atomic E-state index is 10.1. The molecule has 2 aromatic rings. The number of unbranched alkanes of at least 4 members (excludes halogenated alkanes) is 6. The lowest BCUT2D eigenvalue weighted by Crippen LogP contribution is -2.26. The van der Waals surface area contributed by atoms with E-state index in [9.17, 15) is 5.11 Å². The highest BCUT2D eigenvalue weighted by Gasteiger charge is 2.35. The molecule has 1 N–H and O–H groups in total. The van der Waals surface area contributed by atoms with Gasteiger partial charge in [0.05, 0.1) is 12.1 Å². The summed E-state index contributed by atoms with van der Waals surface area (Å²) in [5, 5.41) is 14.3. The van der Waals surface area contributed by atoms with Crippen LogP contribution in [-0.2, 0) is 6.42 Å². The van der Waals surface area contributed by atoms with Crippen LogP contribution in [0.25, 0.3) is 11.4 Å². The minimum Gasteiger partial charge on any atom is -0.392 e. The van der Waals surface area contributed by atoms with Crippen LogP contribution < -0.4 is 0 Å².